The van der Waals surface area contributed by atoms with Gasteiger partial charge in [0, 0.05) is 25.9 Å². The largest absolute Gasteiger partial charge is 0.343 e. The van der Waals surface area contributed by atoms with Crippen LogP contribution in [0.4, 0.5) is 0 Å². The normalized spacial score (nSPS) is 11.0. The highest BCUT2D eigenvalue weighted by Gasteiger charge is 2.12. The van der Waals surface area contributed by atoms with Gasteiger partial charge < -0.3 is 9.69 Å². The molecule has 0 spiro atoms. The second-order valence-corrected chi connectivity index (χ2v) is 8.74. The Labute approximate surface area is 182 Å². The number of rotatable bonds is 23. The molecule has 29 heavy (non-hydrogen) atoms. The molecule has 3 heteroatoms. The number of hydrogen-bond donors (Lipinski definition) is 0. The van der Waals surface area contributed by atoms with Crippen LogP contribution in [0.5, 0.6) is 0 Å². The fraction of sp³-hybridized carbons (Fsp3) is 0.923. The molecule has 0 radical (unpaired) electrons. The monoisotopic (exact) mass is 409 g/mol. The Kier molecular flexibility index (Phi) is 22.7. The molecule has 0 rings (SSSR count). The molecular formula is C26H51NO2. The molecule has 0 fully saturated rings. The number of carbonyl (C=O) groups excluding carboxylic acids is 2. The smallest absolute Gasteiger partial charge is 0.222 e. The van der Waals surface area contributed by atoms with E-state index in [0.29, 0.717) is 12.8 Å². The summed E-state index contributed by atoms with van der Waals surface area (Å²) in [7, 11) is 0. The van der Waals surface area contributed by atoms with Crippen LogP contribution in [0.15, 0.2) is 0 Å². The lowest BCUT2D eigenvalue weighted by Gasteiger charge is -2.22. The molecule has 0 aliphatic carbocycles. The fourth-order valence-electron chi connectivity index (χ4n) is 3.93. The van der Waals surface area contributed by atoms with Gasteiger partial charge in [0.05, 0.1) is 0 Å². The molecule has 0 heterocycles. The second kappa shape index (κ2) is 23.4. The van der Waals surface area contributed by atoms with Crippen LogP contribution in [-0.4, -0.2) is 30.2 Å². The first-order valence-electron chi connectivity index (χ1n) is 13.0. The first-order chi connectivity index (χ1) is 14.3. The van der Waals surface area contributed by atoms with Crippen molar-refractivity contribution in [2.45, 2.75) is 142 Å². The summed E-state index contributed by atoms with van der Waals surface area (Å²) in [5, 5.41) is 0. The van der Waals surface area contributed by atoms with Gasteiger partial charge in [0.25, 0.3) is 0 Å². The first kappa shape index (κ1) is 28.1. The van der Waals surface area contributed by atoms with Crippen molar-refractivity contribution in [1.29, 1.82) is 0 Å². The van der Waals surface area contributed by atoms with Crippen molar-refractivity contribution in [2.24, 2.45) is 0 Å². The van der Waals surface area contributed by atoms with Gasteiger partial charge in [-0.15, -0.1) is 0 Å². The Balaban J connectivity index is 3.76. The molecule has 0 aliphatic rings. The lowest BCUT2D eigenvalue weighted by atomic mass is 10.1. The van der Waals surface area contributed by atoms with E-state index in [9.17, 15) is 9.59 Å². The highest BCUT2D eigenvalue weighted by molar-refractivity contribution is 5.78. The van der Waals surface area contributed by atoms with Crippen LogP contribution in [0, 0.1) is 0 Å². The quantitative estimate of drug-likeness (QED) is 0.127. The average Bonchev–Trinajstić information content (AvgIpc) is 2.73. The zero-order chi connectivity index (χ0) is 21.4. The number of nitrogens with zero attached hydrogens (tertiary/aromatic N) is 1. The SMILES string of the molecule is CCCCCCCCCCCCCCN(CCCCCCCC)C(=O)CCC=O. The Hall–Kier alpha value is -0.860. The highest BCUT2D eigenvalue weighted by Crippen LogP contribution is 2.13. The summed E-state index contributed by atoms with van der Waals surface area (Å²) in [4.78, 5) is 25.0. The van der Waals surface area contributed by atoms with Crippen molar-refractivity contribution in [2.75, 3.05) is 13.1 Å². The molecule has 0 aromatic heterocycles. The fourth-order valence-corrected chi connectivity index (χ4v) is 3.93. The third-order valence-corrected chi connectivity index (χ3v) is 5.89. The van der Waals surface area contributed by atoms with E-state index in [2.05, 4.69) is 13.8 Å². The molecule has 172 valence electrons. The minimum atomic E-state index is 0.175. The van der Waals surface area contributed by atoms with Crippen LogP contribution in [0.25, 0.3) is 0 Å². The van der Waals surface area contributed by atoms with Crippen LogP contribution < -0.4 is 0 Å². The van der Waals surface area contributed by atoms with E-state index in [1.807, 2.05) is 4.90 Å². The number of amides is 1. The summed E-state index contributed by atoms with van der Waals surface area (Å²) in [6.45, 7) is 6.27. The molecule has 0 unspecified atom stereocenters. The van der Waals surface area contributed by atoms with E-state index in [1.165, 1.54) is 103 Å². The maximum Gasteiger partial charge on any atom is 0.222 e. The van der Waals surface area contributed by atoms with Gasteiger partial charge in [-0.05, 0) is 12.8 Å². The zero-order valence-electron chi connectivity index (χ0n) is 19.9. The minimum absolute atomic E-state index is 0.175. The van der Waals surface area contributed by atoms with Crippen LogP contribution in [0.1, 0.15) is 142 Å². The summed E-state index contributed by atoms with van der Waals surface area (Å²) in [6, 6.07) is 0. The Morgan fingerprint density at radius 3 is 1.28 bits per heavy atom. The Morgan fingerprint density at radius 2 is 0.931 bits per heavy atom. The van der Waals surface area contributed by atoms with Crippen LogP contribution in [-0.2, 0) is 9.59 Å². The highest BCUT2D eigenvalue weighted by atomic mass is 16.2. The minimum Gasteiger partial charge on any atom is -0.343 e. The Morgan fingerprint density at radius 1 is 0.586 bits per heavy atom. The third kappa shape index (κ3) is 20.2. The molecule has 0 atom stereocenters. The molecule has 0 saturated heterocycles. The van der Waals surface area contributed by atoms with Crippen molar-refractivity contribution in [1.82, 2.24) is 4.90 Å². The van der Waals surface area contributed by atoms with E-state index < -0.39 is 0 Å². The van der Waals surface area contributed by atoms with Crippen molar-refractivity contribution in [3.05, 3.63) is 0 Å². The lowest BCUT2D eigenvalue weighted by molar-refractivity contribution is -0.132. The number of aldehydes is 1. The number of unbranched alkanes of at least 4 members (excludes halogenated alkanes) is 16. The van der Waals surface area contributed by atoms with Crippen molar-refractivity contribution < 1.29 is 9.59 Å². The van der Waals surface area contributed by atoms with Gasteiger partial charge in [-0.25, -0.2) is 0 Å². The van der Waals surface area contributed by atoms with E-state index in [0.717, 1.165) is 32.2 Å². The van der Waals surface area contributed by atoms with Crippen molar-refractivity contribution >= 4 is 12.2 Å². The summed E-state index contributed by atoms with van der Waals surface area (Å²) in [5.74, 6) is 0.175. The molecule has 0 aliphatic heterocycles. The van der Waals surface area contributed by atoms with Crippen LogP contribution in [0.3, 0.4) is 0 Å². The Bertz CT molecular complexity index is 357. The zero-order valence-corrected chi connectivity index (χ0v) is 19.9. The van der Waals surface area contributed by atoms with E-state index >= 15 is 0 Å². The molecule has 0 N–H and O–H groups in total. The van der Waals surface area contributed by atoms with Crippen molar-refractivity contribution in [3.8, 4) is 0 Å². The van der Waals surface area contributed by atoms with Gasteiger partial charge in [0.1, 0.15) is 6.29 Å². The van der Waals surface area contributed by atoms with Crippen LogP contribution in [0.2, 0.25) is 0 Å². The third-order valence-electron chi connectivity index (χ3n) is 5.89. The number of hydrogen-bond acceptors (Lipinski definition) is 2. The molecule has 3 nitrogen and oxygen atoms in total. The number of carbonyl (C=O) groups is 2. The van der Waals surface area contributed by atoms with Gasteiger partial charge >= 0.3 is 0 Å². The van der Waals surface area contributed by atoms with Crippen molar-refractivity contribution in [3.63, 3.8) is 0 Å². The molecule has 0 bridgehead atoms. The molecule has 0 saturated carbocycles. The molecule has 0 aromatic rings. The first-order valence-corrected chi connectivity index (χ1v) is 13.0. The second-order valence-electron chi connectivity index (χ2n) is 8.74. The topological polar surface area (TPSA) is 37.4 Å². The molecular weight excluding hydrogens is 358 g/mol. The van der Waals surface area contributed by atoms with Gasteiger partial charge in [-0.3, -0.25) is 4.79 Å². The average molecular weight is 410 g/mol. The van der Waals surface area contributed by atoms with Gasteiger partial charge in [0.15, 0.2) is 0 Å². The summed E-state index contributed by atoms with van der Waals surface area (Å²) >= 11 is 0. The van der Waals surface area contributed by atoms with Gasteiger partial charge in [-0.1, -0.05) is 117 Å². The summed E-state index contributed by atoms with van der Waals surface area (Å²) < 4.78 is 0. The van der Waals surface area contributed by atoms with E-state index in [4.69, 9.17) is 0 Å². The van der Waals surface area contributed by atoms with E-state index in [-0.39, 0.29) is 5.91 Å². The maximum atomic E-state index is 12.4. The van der Waals surface area contributed by atoms with Gasteiger partial charge in [-0.2, -0.15) is 0 Å². The van der Waals surface area contributed by atoms with Crippen LogP contribution >= 0.6 is 0 Å². The van der Waals surface area contributed by atoms with E-state index in [1.54, 1.807) is 0 Å². The van der Waals surface area contributed by atoms with Gasteiger partial charge in [0.2, 0.25) is 5.91 Å². The molecule has 1 amide bonds. The standard InChI is InChI=1S/C26H51NO2/c1-3-5-7-9-11-12-13-14-15-16-18-20-24-27(26(29)22-21-25-28)23-19-17-10-8-6-4-2/h25H,3-24H2,1-2H3. The molecule has 0 aromatic carbocycles. The maximum absolute atomic E-state index is 12.4. The lowest BCUT2D eigenvalue weighted by Crippen LogP contribution is -2.32. The summed E-state index contributed by atoms with van der Waals surface area (Å²) in [5.41, 5.74) is 0. The summed E-state index contributed by atoms with van der Waals surface area (Å²) in [6.07, 6.45) is 25.2. The predicted octanol–water partition coefficient (Wildman–Crippen LogP) is 7.86. The predicted molar refractivity (Wildman–Crippen MR) is 126 cm³/mol.